The second kappa shape index (κ2) is 7.49. The van der Waals surface area contributed by atoms with Gasteiger partial charge in [-0.3, -0.25) is 14.6 Å². The first kappa shape index (κ1) is 20.1. The van der Waals surface area contributed by atoms with Gasteiger partial charge in [0, 0.05) is 28.0 Å². The van der Waals surface area contributed by atoms with Crippen LogP contribution < -0.4 is 0 Å². The molecule has 0 radical (unpaired) electrons. The van der Waals surface area contributed by atoms with Crippen molar-refractivity contribution in [2.75, 3.05) is 0 Å². The number of para-hydroxylation sites is 1. The van der Waals surface area contributed by atoms with Crippen molar-refractivity contribution in [2.24, 2.45) is 0 Å². The number of aromatic nitrogens is 1. The van der Waals surface area contributed by atoms with Gasteiger partial charge in [-0.15, -0.1) is 0 Å². The van der Waals surface area contributed by atoms with Gasteiger partial charge in [-0.25, -0.2) is 4.79 Å². The van der Waals surface area contributed by atoms with Crippen LogP contribution in [0.25, 0.3) is 10.9 Å². The molecule has 2 aliphatic heterocycles. The van der Waals surface area contributed by atoms with E-state index in [9.17, 15) is 9.59 Å². The molecular formula is C27H22ClN3O2. The SMILES string of the molecule is Cc1ccc(CN2C(=O)[C@H]3Cc4c([nH]c5ccccc45)[C@H](c4ccc(Cl)cc4)N3C2=O)cc1. The summed E-state index contributed by atoms with van der Waals surface area (Å²) in [4.78, 5) is 33.9. The third-order valence-corrected chi connectivity index (χ3v) is 7.03. The fraction of sp³-hybridized carbons (Fsp3) is 0.185. The summed E-state index contributed by atoms with van der Waals surface area (Å²) in [5.74, 6) is -0.143. The van der Waals surface area contributed by atoms with E-state index in [1.165, 1.54) is 4.90 Å². The quantitative estimate of drug-likeness (QED) is 0.408. The highest BCUT2D eigenvalue weighted by Crippen LogP contribution is 2.44. The van der Waals surface area contributed by atoms with Gasteiger partial charge in [-0.2, -0.15) is 0 Å². The monoisotopic (exact) mass is 455 g/mol. The number of benzene rings is 3. The van der Waals surface area contributed by atoms with Crippen molar-refractivity contribution in [3.05, 3.63) is 106 Å². The highest BCUT2D eigenvalue weighted by atomic mass is 35.5. The Hall–Kier alpha value is -3.57. The molecule has 0 spiro atoms. The molecule has 0 saturated carbocycles. The Morgan fingerprint density at radius 3 is 2.45 bits per heavy atom. The number of hydrogen-bond acceptors (Lipinski definition) is 2. The summed E-state index contributed by atoms with van der Waals surface area (Å²) in [6.45, 7) is 2.29. The number of imide groups is 1. The van der Waals surface area contributed by atoms with E-state index in [4.69, 9.17) is 11.6 Å². The fourth-order valence-electron chi connectivity index (χ4n) is 5.14. The molecule has 1 saturated heterocycles. The van der Waals surface area contributed by atoms with Crippen LogP contribution in [0.3, 0.4) is 0 Å². The Labute approximate surface area is 196 Å². The van der Waals surface area contributed by atoms with Gasteiger partial charge < -0.3 is 4.98 Å². The van der Waals surface area contributed by atoms with Crippen molar-refractivity contribution >= 4 is 34.4 Å². The predicted octanol–water partition coefficient (Wildman–Crippen LogP) is 5.61. The number of rotatable bonds is 3. The number of aryl methyl sites for hydroxylation is 1. The molecule has 1 N–H and O–H groups in total. The minimum absolute atomic E-state index is 0.143. The average molecular weight is 456 g/mol. The van der Waals surface area contributed by atoms with Gasteiger partial charge in [-0.05, 0) is 41.8 Å². The summed E-state index contributed by atoms with van der Waals surface area (Å²) in [5.41, 5.74) is 6.09. The number of H-pyrrole nitrogens is 1. The zero-order valence-corrected chi connectivity index (χ0v) is 18.8. The number of urea groups is 1. The van der Waals surface area contributed by atoms with Crippen LogP contribution in [0.2, 0.25) is 5.02 Å². The van der Waals surface area contributed by atoms with Crippen molar-refractivity contribution in [2.45, 2.75) is 32.0 Å². The van der Waals surface area contributed by atoms with Crippen LogP contribution in [0.4, 0.5) is 4.79 Å². The number of hydrogen-bond donors (Lipinski definition) is 1. The van der Waals surface area contributed by atoms with Crippen molar-refractivity contribution in [3.8, 4) is 0 Å². The lowest BCUT2D eigenvalue weighted by atomic mass is 9.89. The van der Waals surface area contributed by atoms with Gasteiger partial charge in [0.1, 0.15) is 12.1 Å². The molecule has 1 aromatic heterocycles. The molecule has 5 nitrogen and oxygen atoms in total. The second-order valence-electron chi connectivity index (χ2n) is 8.84. The Morgan fingerprint density at radius 1 is 0.970 bits per heavy atom. The summed E-state index contributed by atoms with van der Waals surface area (Å²) >= 11 is 6.15. The summed E-state index contributed by atoms with van der Waals surface area (Å²) in [6.07, 6.45) is 0.498. The second-order valence-corrected chi connectivity index (χ2v) is 9.27. The van der Waals surface area contributed by atoms with Gasteiger partial charge in [0.05, 0.1) is 6.54 Å². The third kappa shape index (κ3) is 3.15. The number of carbonyl (C=O) groups is 2. The largest absolute Gasteiger partial charge is 0.356 e. The zero-order valence-electron chi connectivity index (χ0n) is 18.1. The van der Waals surface area contributed by atoms with E-state index in [0.717, 1.165) is 38.9 Å². The van der Waals surface area contributed by atoms with Crippen molar-refractivity contribution in [3.63, 3.8) is 0 Å². The Bertz CT molecular complexity index is 1390. The maximum Gasteiger partial charge on any atom is 0.328 e. The molecule has 6 rings (SSSR count). The topological polar surface area (TPSA) is 56.4 Å². The summed E-state index contributed by atoms with van der Waals surface area (Å²) < 4.78 is 0. The lowest BCUT2D eigenvalue weighted by molar-refractivity contribution is -0.129. The standard InChI is InChI=1S/C27H22ClN3O2/c1-16-6-8-17(9-7-16)15-30-26(32)23-14-21-20-4-2-3-5-22(20)29-24(21)25(31(23)27(30)33)18-10-12-19(28)13-11-18/h2-13,23,25,29H,14-15H2,1H3/t23-,25+/m1/s1. The lowest BCUT2D eigenvalue weighted by Gasteiger charge is -2.36. The smallest absolute Gasteiger partial charge is 0.328 e. The summed E-state index contributed by atoms with van der Waals surface area (Å²) in [6, 6.07) is 22.4. The molecule has 3 aromatic carbocycles. The molecule has 3 amide bonds. The highest BCUT2D eigenvalue weighted by molar-refractivity contribution is 6.30. The fourth-order valence-corrected chi connectivity index (χ4v) is 5.27. The van der Waals surface area contributed by atoms with Crippen LogP contribution in [-0.4, -0.2) is 32.8 Å². The summed E-state index contributed by atoms with van der Waals surface area (Å²) in [5, 5.41) is 1.73. The van der Waals surface area contributed by atoms with Gasteiger partial charge in [0.25, 0.3) is 5.91 Å². The average Bonchev–Trinajstić information content (AvgIpc) is 3.31. The number of aromatic amines is 1. The molecule has 2 atom stereocenters. The Kier molecular flexibility index (Phi) is 4.56. The molecule has 6 heteroatoms. The van der Waals surface area contributed by atoms with Gasteiger partial charge in [-0.1, -0.05) is 71.8 Å². The molecule has 0 unspecified atom stereocenters. The minimum Gasteiger partial charge on any atom is -0.356 e. The van der Waals surface area contributed by atoms with Crippen LogP contribution in [0.1, 0.15) is 34.0 Å². The van der Waals surface area contributed by atoms with Crippen LogP contribution in [0.15, 0.2) is 72.8 Å². The number of amides is 3. The first-order chi connectivity index (χ1) is 16.0. The number of nitrogens with one attached hydrogen (secondary N) is 1. The first-order valence-electron chi connectivity index (χ1n) is 11.1. The molecule has 0 bridgehead atoms. The van der Waals surface area contributed by atoms with E-state index in [1.807, 2.05) is 73.7 Å². The van der Waals surface area contributed by atoms with E-state index in [0.29, 0.717) is 11.4 Å². The van der Waals surface area contributed by atoms with E-state index in [1.54, 1.807) is 4.90 Å². The molecule has 3 heterocycles. The predicted molar refractivity (Wildman–Crippen MR) is 128 cm³/mol. The van der Waals surface area contributed by atoms with Gasteiger partial charge in [0.15, 0.2) is 0 Å². The van der Waals surface area contributed by atoms with E-state index >= 15 is 0 Å². The van der Waals surface area contributed by atoms with Crippen LogP contribution in [0.5, 0.6) is 0 Å². The number of halogens is 1. The maximum atomic E-state index is 13.7. The lowest BCUT2D eigenvalue weighted by Crippen LogP contribution is -2.44. The molecule has 33 heavy (non-hydrogen) atoms. The Balaban J connectivity index is 1.47. The van der Waals surface area contributed by atoms with E-state index in [2.05, 4.69) is 11.1 Å². The molecule has 0 aliphatic carbocycles. The van der Waals surface area contributed by atoms with E-state index < -0.39 is 6.04 Å². The minimum atomic E-state index is -0.532. The zero-order chi connectivity index (χ0) is 22.7. The van der Waals surface area contributed by atoms with Crippen LogP contribution in [0, 0.1) is 6.92 Å². The molecular weight excluding hydrogens is 434 g/mol. The first-order valence-corrected chi connectivity index (χ1v) is 11.4. The number of carbonyl (C=O) groups excluding carboxylic acids is 2. The van der Waals surface area contributed by atoms with Crippen LogP contribution in [-0.2, 0) is 17.8 Å². The number of fused-ring (bicyclic) bond motifs is 4. The molecule has 2 aliphatic rings. The molecule has 164 valence electrons. The van der Waals surface area contributed by atoms with Crippen molar-refractivity contribution in [1.29, 1.82) is 0 Å². The third-order valence-electron chi connectivity index (χ3n) is 6.78. The molecule has 1 fully saturated rings. The molecule has 4 aromatic rings. The van der Waals surface area contributed by atoms with Crippen molar-refractivity contribution in [1.82, 2.24) is 14.8 Å². The van der Waals surface area contributed by atoms with Crippen molar-refractivity contribution < 1.29 is 9.59 Å². The van der Waals surface area contributed by atoms with Crippen LogP contribution >= 0.6 is 11.6 Å². The maximum absolute atomic E-state index is 13.7. The van der Waals surface area contributed by atoms with E-state index in [-0.39, 0.29) is 24.5 Å². The van der Waals surface area contributed by atoms with Gasteiger partial charge in [0.2, 0.25) is 0 Å². The number of nitrogens with zero attached hydrogens (tertiary/aromatic N) is 2. The highest BCUT2D eigenvalue weighted by Gasteiger charge is 2.52. The normalized spacial score (nSPS) is 19.8. The van der Waals surface area contributed by atoms with Gasteiger partial charge >= 0.3 is 6.03 Å². The Morgan fingerprint density at radius 2 is 1.70 bits per heavy atom. The summed E-state index contributed by atoms with van der Waals surface area (Å²) in [7, 11) is 0.